The molecule has 1 aliphatic heterocycles. The highest BCUT2D eigenvalue weighted by Crippen LogP contribution is 2.33. The number of ketones is 1. The van der Waals surface area contributed by atoms with Crippen LogP contribution in [-0.4, -0.2) is 38.4 Å². The fourth-order valence-electron chi connectivity index (χ4n) is 4.17. The van der Waals surface area contributed by atoms with Crippen LogP contribution < -0.4 is 9.57 Å². The van der Waals surface area contributed by atoms with Crippen molar-refractivity contribution in [3.8, 4) is 5.75 Å². The predicted molar refractivity (Wildman–Crippen MR) is 124 cm³/mol. The molecule has 4 rings (SSSR count). The molecule has 1 N–H and O–H groups in total. The Bertz CT molecular complexity index is 1010. The number of nitrogens with zero attached hydrogens (tertiary/aromatic N) is 1. The first-order valence-electron chi connectivity index (χ1n) is 11.6. The van der Waals surface area contributed by atoms with Gasteiger partial charge in [-0.3, -0.25) is 4.79 Å². The lowest BCUT2D eigenvalue weighted by atomic mass is 10.1. The van der Waals surface area contributed by atoms with Crippen LogP contribution in [0.2, 0.25) is 0 Å². The Labute approximate surface area is 191 Å². The molecule has 1 saturated heterocycles. The third kappa shape index (κ3) is 5.77. The first kappa shape index (κ1) is 23.0. The van der Waals surface area contributed by atoms with E-state index >= 15 is 0 Å². The SMILES string of the molecule is CCc1ccc(S(=O)(=O)NN2CCCC2CCCOc2ccc(C(=O)C3CC3)cc2)cc1. The molecule has 2 aromatic rings. The third-order valence-electron chi connectivity index (χ3n) is 6.29. The van der Waals surface area contributed by atoms with Crippen LogP contribution >= 0.6 is 0 Å². The number of Topliss-reactive ketones (excluding diaryl/α,β-unsaturated/α-hetero) is 1. The van der Waals surface area contributed by atoms with Crippen molar-refractivity contribution in [2.75, 3.05) is 13.2 Å². The summed E-state index contributed by atoms with van der Waals surface area (Å²) >= 11 is 0. The van der Waals surface area contributed by atoms with Gasteiger partial charge in [0.15, 0.2) is 5.78 Å². The highest BCUT2D eigenvalue weighted by atomic mass is 32.2. The zero-order valence-corrected chi connectivity index (χ0v) is 19.4. The second-order valence-corrected chi connectivity index (χ2v) is 10.4. The standard InChI is InChI=1S/C25H32N2O4S/c1-2-19-7-15-24(16-8-19)32(29,30)26-27-17-3-5-22(27)6-4-18-31-23-13-11-21(12-14-23)25(28)20-9-10-20/h7-8,11-16,20,22,26H,2-6,9-10,17-18H2,1H3. The van der Waals surface area contributed by atoms with Crippen molar-refractivity contribution in [1.82, 2.24) is 9.84 Å². The Morgan fingerprint density at radius 3 is 2.44 bits per heavy atom. The number of aryl methyl sites for hydroxylation is 1. The number of hydrogen-bond donors (Lipinski definition) is 1. The maximum absolute atomic E-state index is 12.8. The molecule has 0 aromatic heterocycles. The van der Waals surface area contributed by atoms with Gasteiger partial charge in [-0.1, -0.05) is 19.1 Å². The van der Waals surface area contributed by atoms with E-state index in [2.05, 4.69) is 4.83 Å². The van der Waals surface area contributed by atoms with Crippen LogP contribution in [0.3, 0.4) is 0 Å². The van der Waals surface area contributed by atoms with Crippen LogP contribution in [0.1, 0.15) is 61.4 Å². The summed E-state index contributed by atoms with van der Waals surface area (Å²) in [6.45, 7) is 3.32. The van der Waals surface area contributed by atoms with Gasteiger partial charge < -0.3 is 4.74 Å². The number of ether oxygens (including phenoxy) is 1. The van der Waals surface area contributed by atoms with E-state index in [-0.39, 0.29) is 17.7 Å². The zero-order valence-electron chi connectivity index (χ0n) is 18.6. The van der Waals surface area contributed by atoms with E-state index in [9.17, 15) is 13.2 Å². The lowest BCUT2D eigenvalue weighted by Crippen LogP contribution is -2.45. The molecule has 2 aliphatic rings. The molecular weight excluding hydrogens is 424 g/mol. The van der Waals surface area contributed by atoms with Gasteiger partial charge in [0.05, 0.1) is 11.5 Å². The minimum Gasteiger partial charge on any atom is -0.494 e. The van der Waals surface area contributed by atoms with Crippen molar-refractivity contribution < 1.29 is 17.9 Å². The van der Waals surface area contributed by atoms with Crippen molar-refractivity contribution in [2.45, 2.75) is 62.8 Å². The minimum atomic E-state index is -3.57. The van der Waals surface area contributed by atoms with Gasteiger partial charge in [-0.15, -0.1) is 4.83 Å². The molecule has 6 nitrogen and oxygen atoms in total. The van der Waals surface area contributed by atoms with Gasteiger partial charge in [0.1, 0.15) is 5.75 Å². The molecule has 2 aromatic carbocycles. The summed E-state index contributed by atoms with van der Waals surface area (Å²) in [6, 6.07) is 14.6. The molecule has 2 fully saturated rings. The monoisotopic (exact) mass is 456 g/mol. The number of nitrogens with one attached hydrogen (secondary N) is 1. The Morgan fingerprint density at radius 1 is 1.06 bits per heavy atom. The largest absolute Gasteiger partial charge is 0.494 e. The topological polar surface area (TPSA) is 75.7 Å². The number of rotatable bonds is 11. The lowest BCUT2D eigenvalue weighted by molar-refractivity contribution is 0.0967. The van der Waals surface area contributed by atoms with E-state index < -0.39 is 10.0 Å². The fraction of sp³-hybridized carbons (Fsp3) is 0.480. The summed E-state index contributed by atoms with van der Waals surface area (Å²) in [6.07, 6.45) is 6.53. The van der Waals surface area contributed by atoms with Crippen molar-refractivity contribution >= 4 is 15.8 Å². The highest BCUT2D eigenvalue weighted by Gasteiger charge is 2.30. The van der Waals surface area contributed by atoms with Gasteiger partial charge in [-0.05, 0) is 86.9 Å². The molecule has 172 valence electrons. The van der Waals surface area contributed by atoms with Gasteiger partial charge in [0, 0.05) is 24.1 Å². The summed E-state index contributed by atoms with van der Waals surface area (Å²) in [7, 11) is -3.57. The van der Waals surface area contributed by atoms with Crippen LogP contribution in [0.15, 0.2) is 53.4 Å². The van der Waals surface area contributed by atoms with E-state index in [1.54, 1.807) is 12.1 Å². The quantitative estimate of drug-likeness (QED) is 0.402. The van der Waals surface area contributed by atoms with E-state index in [1.807, 2.05) is 48.3 Å². The van der Waals surface area contributed by atoms with Crippen molar-refractivity contribution in [2.24, 2.45) is 5.92 Å². The molecule has 1 atom stereocenters. The smallest absolute Gasteiger partial charge is 0.253 e. The summed E-state index contributed by atoms with van der Waals surface area (Å²) in [5.41, 5.74) is 1.88. The van der Waals surface area contributed by atoms with Gasteiger partial charge in [-0.2, -0.15) is 0 Å². The molecule has 1 unspecified atom stereocenters. The van der Waals surface area contributed by atoms with E-state index in [1.165, 1.54) is 0 Å². The highest BCUT2D eigenvalue weighted by molar-refractivity contribution is 7.89. The van der Waals surface area contributed by atoms with Gasteiger partial charge in [-0.25, -0.2) is 13.4 Å². The van der Waals surface area contributed by atoms with Crippen molar-refractivity contribution in [1.29, 1.82) is 0 Å². The normalized spacial score (nSPS) is 19.2. The van der Waals surface area contributed by atoms with E-state index in [0.29, 0.717) is 18.0 Å². The van der Waals surface area contributed by atoms with Crippen LogP contribution in [0.5, 0.6) is 5.75 Å². The predicted octanol–water partition coefficient (Wildman–Crippen LogP) is 4.36. The summed E-state index contributed by atoms with van der Waals surface area (Å²) in [5.74, 6) is 1.22. The first-order chi connectivity index (χ1) is 15.5. The second-order valence-electron chi connectivity index (χ2n) is 8.74. The Morgan fingerprint density at radius 2 is 1.78 bits per heavy atom. The lowest BCUT2D eigenvalue weighted by Gasteiger charge is -2.25. The average Bonchev–Trinajstić information content (AvgIpc) is 3.57. The summed E-state index contributed by atoms with van der Waals surface area (Å²) in [4.78, 5) is 15.2. The maximum atomic E-state index is 12.8. The molecule has 0 spiro atoms. The van der Waals surface area contributed by atoms with Crippen LogP contribution in [0.4, 0.5) is 0 Å². The van der Waals surface area contributed by atoms with Gasteiger partial charge >= 0.3 is 0 Å². The molecule has 32 heavy (non-hydrogen) atoms. The number of sulfonamides is 1. The number of hydrogen-bond acceptors (Lipinski definition) is 5. The number of hydrazine groups is 1. The Kier molecular flexibility index (Phi) is 7.28. The molecule has 0 bridgehead atoms. The van der Waals surface area contributed by atoms with E-state index in [0.717, 1.165) is 61.8 Å². The Hall–Kier alpha value is -2.22. The molecule has 1 aliphatic carbocycles. The van der Waals surface area contributed by atoms with Crippen LogP contribution in [0.25, 0.3) is 0 Å². The van der Waals surface area contributed by atoms with E-state index in [4.69, 9.17) is 4.74 Å². The molecule has 1 saturated carbocycles. The molecule has 1 heterocycles. The second kappa shape index (κ2) is 10.1. The molecular formula is C25H32N2O4S. The number of benzene rings is 2. The zero-order chi connectivity index (χ0) is 22.6. The Balaban J connectivity index is 1.23. The van der Waals surface area contributed by atoms with Crippen LogP contribution in [0, 0.1) is 5.92 Å². The van der Waals surface area contributed by atoms with Crippen molar-refractivity contribution in [3.05, 3.63) is 59.7 Å². The average molecular weight is 457 g/mol. The molecule has 0 amide bonds. The molecule has 7 heteroatoms. The van der Waals surface area contributed by atoms with Gasteiger partial charge in [0.2, 0.25) is 0 Å². The van der Waals surface area contributed by atoms with Gasteiger partial charge in [0.25, 0.3) is 10.0 Å². The van der Waals surface area contributed by atoms with Crippen LogP contribution in [-0.2, 0) is 16.4 Å². The fourth-order valence-corrected chi connectivity index (χ4v) is 5.32. The minimum absolute atomic E-state index is 0.168. The number of carbonyl (C=O) groups excluding carboxylic acids is 1. The molecule has 0 radical (unpaired) electrons. The summed E-state index contributed by atoms with van der Waals surface area (Å²) in [5, 5.41) is 1.86. The van der Waals surface area contributed by atoms with Crippen molar-refractivity contribution in [3.63, 3.8) is 0 Å². The number of carbonyl (C=O) groups is 1. The third-order valence-corrected chi connectivity index (χ3v) is 7.66. The summed E-state index contributed by atoms with van der Waals surface area (Å²) < 4.78 is 31.4. The maximum Gasteiger partial charge on any atom is 0.253 e. The first-order valence-corrected chi connectivity index (χ1v) is 13.1.